The second-order valence-corrected chi connectivity index (χ2v) is 12.1. The normalized spacial score (nSPS) is 14.1. The van der Waals surface area contributed by atoms with E-state index in [0.29, 0.717) is 29.1 Å². The molecule has 0 atom stereocenters. The summed E-state index contributed by atoms with van der Waals surface area (Å²) in [5.74, 6) is -1.10. The molecule has 0 unspecified atom stereocenters. The van der Waals surface area contributed by atoms with Crippen molar-refractivity contribution in [3.05, 3.63) is 47.5 Å². The van der Waals surface area contributed by atoms with Gasteiger partial charge in [0.15, 0.2) is 0 Å². The molecule has 0 aliphatic carbocycles. The van der Waals surface area contributed by atoms with Gasteiger partial charge in [-0.05, 0) is 48.2 Å². The van der Waals surface area contributed by atoms with Crippen LogP contribution in [0.5, 0.6) is 5.75 Å². The fraction of sp³-hybridized carbons (Fsp3) is 0.407. The maximum absolute atomic E-state index is 13.5. The molecule has 0 bridgehead atoms. The fourth-order valence-corrected chi connectivity index (χ4v) is 5.21. The van der Waals surface area contributed by atoms with Crippen molar-refractivity contribution in [1.82, 2.24) is 5.32 Å². The monoisotopic (exact) mass is 558 g/mol. The van der Waals surface area contributed by atoms with Gasteiger partial charge in [0.05, 0.1) is 24.6 Å². The molecule has 12 heteroatoms. The van der Waals surface area contributed by atoms with Crippen LogP contribution >= 0.6 is 0 Å². The van der Waals surface area contributed by atoms with Crippen molar-refractivity contribution in [2.24, 2.45) is 0 Å². The molecule has 2 aromatic rings. The third-order valence-electron chi connectivity index (χ3n) is 6.08. The molecule has 1 saturated heterocycles. The van der Waals surface area contributed by atoms with Crippen LogP contribution < -0.4 is 24.6 Å². The Labute approximate surface area is 228 Å². The first-order chi connectivity index (χ1) is 18.2. The van der Waals surface area contributed by atoms with Crippen molar-refractivity contribution in [3.63, 3.8) is 0 Å². The lowest BCUT2D eigenvalue weighted by molar-refractivity contribution is -0.120. The number of carbonyl (C=O) groups excluding carboxylic acids is 4. The summed E-state index contributed by atoms with van der Waals surface area (Å²) < 4.78 is 30.9. The Hall–Kier alpha value is -3.93. The highest BCUT2D eigenvalue weighted by molar-refractivity contribution is 7.92. The maximum atomic E-state index is 13.5. The van der Waals surface area contributed by atoms with Gasteiger partial charge in [-0.3, -0.25) is 24.6 Å². The first-order valence-electron chi connectivity index (χ1n) is 12.5. The number of nitrogens with one attached hydrogen (secondary N) is 2. The molecule has 39 heavy (non-hydrogen) atoms. The van der Waals surface area contributed by atoms with Gasteiger partial charge in [-0.1, -0.05) is 27.7 Å². The number of carbonyl (C=O) groups is 4. The van der Waals surface area contributed by atoms with Crippen molar-refractivity contribution < 1.29 is 32.3 Å². The quantitative estimate of drug-likeness (QED) is 0.502. The number of anilines is 3. The summed E-state index contributed by atoms with van der Waals surface area (Å²) in [6, 6.07) is 8.59. The molecule has 5 amide bonds. The molecule has 3 rings (SSSR count). The minimum Gasteiger partial charge on any atom is -0.496 e. The van der Waals surface area contributed by atoms with Crippen LogP contribution in [0.3, 0.4) is 0 Å². The van der Waals surface area contributed by atoms with Crippen molar-refractivity contribution in [3.8, 4) is 5.75 Å². The minimum absolute atomic E-state index is 0.0704. The van der Waals surface area contributed by atoms with E-state index in [2.05, 4.69) is 10.6 Å². The number of ether oxygens (including phenoxy) is 1. The van der Waals surface area contributed by atoms with Gasteiger partial charge in [0.2, 0.25) is 21.8 Å². The summed E-state index contributed by atoms with van der Waals surface area (Å²) in [6.07, 6.45) is 1.65. The Morgan fingerprint density at radius 2 is 1.77 bits per heavy atom. The van der Waals surface area contributed by atoms with Gasteiger partial charge >= 0.3 is 6.03 Å². The van der Waals surface area contributed by atoms with Crippen LogP contribution in [0.15, 0.2) is 36.4 Å². The van der Waals surface area contributed by atoms with Crippen molar-refractivity contribution in [2.45, 2.75) is 52.4 Å². The molecule has 1 aliphatic heterocycles. The predicted molar refractivity (Wildman–Crippen MR) is 149 cm³/mol. The Kier molecular flexibility index (Phi) is 8.69. The standard InChI is InChI=1S/C27H34N4O7S/c1-7-8-23(33)31(39(6,36)37)18-11-9-17(10-12-18)28-25(34)20-15-19(30-14-13-22(32)29-26(30)35)16-21(24(20)38-5)27(2,3)4/h9-12,15-16H,7-8,13-14H2,1-6H3,(H,28,34)(H,29,32,35). The van der Waals surface area contributed by atoms with Crippen molar-refractivity contribution >= 4 is 50.8 Å². The highest BCUT2D eigenvalue weighted by Gasteiger charge is 2.30. The highest BCUT2D eigenvalue weighted by Crippen LogP contribution is 2.38. The molecule has 2 N–H and O–H groups in total. The summed E-state index contributed by atoms with van der Waals surface area (Å²) in [6.45, 7) is 7.78. The topological polar surface area (TPSA) is 142 Å². The molecule has 1 aliphatic rings. The number of sulfonamides is 1. The zero-order valence-electron chi connectivity index (χ0n) is 23.0. The number of imide groups is 1. The lowest BCUT2D eigenvalue weighted by Crippen LogP contribution is -2.49. The Bertz CT molecular complexity index is 1400. The van der Waals surface area contributed by atoms with Crippen LogP contribution in [0.4, 0.5) is 21.9 Å². The third kappa shape index (κ3) is 6.75. The van der Waals surface area contributed by atoms with Gasteiger partial charge in [0.1, 0.15) is 5.75 Å². The second kappa shape index (κ2) is 11.4. The Morgan fingerprint density at radius 3 is 2.28 bits per heavy atom. The Balaban J connectivity index is 1.99. The van der Waals surface area contributed by atoms with Crippen molar-refractivity contribution in [2.75, 3.05) is 34.4 Å². The van der Waals surface area contributed by atoms with Gasteiger partial charge in [-0.15, -0.1) is 0 Å². The zero-order valence-corrected chi connectivity index (χ0v) is 23.8. The molecule has 0 spiro atoms. The van der Waals surface area contributed by atoms with E-state index >= 15 is 0 Å². The van der Waals surface area contributed by atoms with Gasteiger partial charge in [0, 0.05) is 36.3 Å². The molecular weight excluding hydrogens is 524 g/mol. The second-order valence-electron chi connectivity index (χ2n) is 10.3. The minimum atomic E-state index is -3.85. The highest BCUT2D eigenvalue weighted by atomic mass is 32.2. The summed E-state index contributed by atoms with van der Waals surface area (Å²) >= 11 is 0. The van der Waals surface area contributed by atoms with Crippen LogP contribution in [0.2, 0.25) is 0 Å². The summed E-state index contributed by atoms with van der Waals surface area (Å²) in [5.41, 5.74) is 1.35. The molecule has 0 aromatic heterocycles. The van der Waals surface area contributed by atoms with Gasteiger partial charge in [-0.25, -0.2) is 17.5 Å². The van der Waals surface area contributed by atoms with Crippen LogP contribution in [-0.2, 0) is 25.0 Å². The molecule has 1 fully saturated rings. The van der Waals surface area contributed by atoms with E-state index in [1.807, 2.05) is 20.8 Å². The smallest absolute Gasteiger partial charge is 0.328 e. The lowest BCUT2D eigenvalue weighted by atomic mass is 9.84. The summed E-state index contributed by atoms with van der Waals surface area (Å²) in [5, 5.41) is 5.06. The first-order valence-corrected chi connectivity index (χ1v) is 14.3. The van der Waals surface area contributed by atoms with Crippen LogP contribution in [0.25, 0.3) is 0 Å². The lowest BCUT2D eigenvalue weighted by Gasteiger charge is -2.30. The number of amides is 5. The zero-order chi connectivity index (χ0) is 29.1. The van der Waals surface area contributed by atoms with Gasteiger partial charge in [-0.2, -0.15) is 0 Å². The number of methoxy groups -OCH3 is 1. The van der Waals surface area contributed by atoms with Crippen LogP contribution in [0, 0.1) is 0 Å². The van der Waals surface area contributed by atoms with E-state index in [0.717, 1.165) is 10.6 Å². The molecule has 1 heterocycles. The van der Waals surface area contributed by atoms with Gasteiger partial charge in [0.25, 0.3) is 5.91 Å². The third-order valence-corrected chi connectivity index (χ3v) is 7.16. The predicted octanol–water partition coefficient (Wildman–Crippen LogP) is 3.78. The molecule has 2 aromatic carbocycles. The van der Waals surface area contributed by atoms with Crippen molar-refractivity contribution in [1.29, 1.82) is 0 Å². The summed E-state index contributed by atoms with van der Waals surface area (Å²) in [7, 11) is -2.39. The van der Waals surface area contributed by atoms with E-state index in [-0.39, 0.29) is 36.5 Å². The maximum Gasteiger partial charge on any atom is 0.328 e. The van der Waals surface area contributed by atoms with E-state index in [1.54, 1.807) is 13.0 Å². The average molecular weight is 559 g/mol. The molecule has 210 valence electrons. The number of urea groups is 1. The van der Waals surface area contributed by atoms with E-state index < -0.39 is 33.3 Å². The van der Waals surface area contributed by atoms with E-state index in [4.69, 9.17) is 4.74 Å². The summed E-state index contributed by atoms with van der Waals surface area (Å²) in [4.78, 5) is 51.5. The molecule has 0 radical (unpaired) electrons. The van der Waals surface area contributed by atoms with E-state index in [9.17, 15) is 27.6 Å². The average Bonchev–Trinajstić information content (AvgIpc) is 2.83. The fourth-order valence-electron chi connectivity index (χ4n) is 4.24. The number of hydrogen-bond donors (Lipinski definition) is 2. The SMILES string of the molecule is CCCC(=O)N(c1ccc(NC(=O)c2cc(N3CCC(=O)NC3=O)cc(C(C)(C)C)c2OC)cc1)S(C)(=O)=O. The van der Waals surface area contributed by atoms with Crippen LogP contribution in [0.1, 0.15) is 62.9 Å². The molecular formula is C27H34N4O7S. The Morgan fingerprint density at radius 1 is 1.13 bits per heavy atom. The first kappa shape index (κ1) is 29.6. The van der Waals surface area contributed by atoms with Crippen LogP contribution in [-0.4, -0.2) is 52.1 Å². The molecule has 0 saturated carbocycles. The number of benzene rings is 2. The molecule has 11 nitrogen and oxygen atoms in total. The number of rotatable bonds is 8. The largest absolute Gasteiger partial charge is 0.496 e. The number of nitrogens with zero attached hydrogens (tertiary/aromatic N) is 2. The van der Waals surface area contributed by atoms with Gasteiger partial charge < -0.3 is 10.1 Å². The number of hydrogen-bond acceptors (Lipinski definition) is 7. The van der Waals surface area contributed by atoms with E-state index in [1.165, 1.54) is 42.3 Å².